The first-order valence-corrected chi connectivity index (χ1v) is 5.26. The molecule has 0 spiro atoms. The maximum atomic E-state index is 5.57. The predicted molar refractivity (Wildman–Crippen MR) is 60.6 cm³/mol. The highest BCUT2D eigenvalue weighted by molar-refractivity contribution is 5.30. The normalized spacial score (nSPS) is 11.1. The van der Waals surface area contributed by atoms with Crippen molar-refractivity contribution < 1.29 is 4.74 Å². The number of anilines is 1. The van der Waals surface area contributed by atoms with Gasteiger partial charge in [0.1, 0.15) is 0 Å². The molecule has 1 aromatic heterocycles. The summed E-state index contributed by atoms with van der Waals surface area (Å²) < 4.78 is 7.13. The van der Waals surface area contributed by atoms with Crippen LogP contribution in [0.4, 0.5) is 5.69 Å². The highest BCUT2D eigenvalue weighted by Gasteiger charge is 1.99. The van der Waals surface area contributed by atoms with Crippen molar-refractivity contribution in [2.24, 2.45) is 0 Å². The van der Waals surface area contributed by atoms with Crippen LogP contribution in [0.3, 0.4) is 0 Å². The van der Waals surface area contributed by atoms with E-state index in [0.29, 0.717) is 5.69 Å². The van der Waals surface area contributed by atoms with E-state index in [1.807, 2.05) is 17.8 Å². The molecule has 15 heavy (non-hydrogen) atoms. The summed E-state index contributed by atoms with van der Waals surface area (Å²) >= 11 is 0. The van der Waals surface area contributed by atoms with E-state index in [9.17, 15) is 0 Å². The van der Waals surface area contributed by atoms with E-state index in [-0.39, 0.29) is 0 Å². The Labute approximate surface area is 90.8 Å². The van der Waals surface area contributed by atoms with Gasteiger partial charge in [0, 0.05) is 25.9 Å². The minimum Gasteiger partial charge on any atom is -0.396 e. The van der Waals surface area contributed by atoms with E-state index < -0.39 is 0 Å². The van der Waals surface area contributed by atoms with Crippen LogP contribution in [0.2, 0.25) is 0 Å². The van der Waals surface area contributed by atoms with Crippen LogP contribution >= 0.6 is 0 Å². The third-order valence-corrected chi connectivity index (χ3v) is 2.19. The van der Waals surface area contributed by atoms with Gasteiger partial charge in [-0.1, -0.05) is 0 Å². The number of nitrogens with two attached hydrogens (primary N) is 1. The number of hydrogen-bond donors (Lipinski definition) is 1. The predicted octanol–water partition coefficient (Wildman–Crippen LogP) is 0.434. The van der Waals surface area contributed by atoms with E-state index >= 15 is 0 Å². The van der Waals surface area contributed by atoms with Crippen molar-refractivity contribution in [3.63, 3.8) is 0 Å². The summed E-state index contributed by atoms with van der Waals surface area (Å²) in [6, 6.07) is 0. The van der Waals surface area contributed by atoms with Gasteiger partial charge in [-0.3, -0.25) is 4.68 Å². The van der Waals surface area contributed by atoms with Crippen molar-refractivity contribution in [3.05, 3.63) is 12.4 Å². The van der Waals surface area contributed by atoms with Gasteiger partial charge in [-0.15, -0.1) is 0 Å². The van der Waals surface area contributed by atoms with Crippen molar-refractivity contribution in [2.75, 3.05) is 39.1 Å². The van der Waals surface area contributed by atoms with Crippen molar-refractivity contribution in [2.45, 2.75) is 13.5 Å². The van der Waals surface area contributed by atoms with Gasteiger partial charge >= 0.3 is 0 Å². The molecule has 0 radical (unpaired) electrons. The average molecular weight is 212 g/mol. The molecule has 0 atom stereocenters. The number of ether oxygens (including phenoxy) is 1. The van der Waals surface area contributed by atoms with Gasteiger partial charge < -0.3 is 15.4 Å². The van der Waals surface area contributed by atoms with Crippen LogP contribution in [-0.4, -0.2) is 48.0 Å². The van der Waals surface area contributed by atoms with Crippen molar-refractivity contribution in [3.8, 4) is 0 Å². The molecule has 0 saturated carbocycles. The Hall–Kier alpha value is -1.07. The second-order valence-corrected chi connectivity index (χ2v) is 3.54. The molecule has 0 aliphatic heterocycles. The molecule has 5 heteroatoms. The molecule has 0 unspecified atom stereocenters. The SMILES string of the molecule is CCOCCN(C)CCn1cc(N)cn1. The van der Waals surface area contributed by atoms with Crippen LogP contribution in [0, 0.1) is 0 Å². The lowest BCUT2D eigenvalue weighted by molar-refractivity contribution is 0.121. The first-order valence-electron chi connectivity index (χ1n) is 5.26. The van der Waals surface area contributed by atoms with Crippen LogP contribution < -0.4 is 5.73 Å². The Morgan fingerprint density at radius 3 is 2.93 bits per heavy atom. The van der Waals surface area contributed by atoms with Gasteiger partial charge in [0.15, 0.2) is 0 Å². The Morgan fingerprint density at radius 2 is 2.33 bits per heavy atom. The number of aromatic nitrogens is 2. The molecule has 0 fully saturated rings. The zero-order valence-electron chi connectivity index (χ0n) is 9.52. The topological polar surface area (TPSA) is 56.3 Å². The molecular formula is C10H20N4O. The molecule has 0 aliphatic carbocycles. The lowest BCUT2D eigenvalue weighted by Gasteiger charge is -2.15. The number of rotatable bonds is 7. The quantitative estimate of drug-likeness (QED) is 0.666. The van der Waals surface area contributed by atoms with Crippen molar-refractivity contribution >= 4 is 5.69 Å². The van der Waals surface area contributed by atoms with Crippen LogP contribution in [-0.2, 0) is 11.3 Å². The third kappa shape index (κ3) is 4.80. The Morgan fingerprint density at radius 1 is 1.53 bits per heavy atom. The first-order chi connectivity index (χ1) is 7.22. The average Bonchev–Trinajstić information content (AvgIpc) is 2.62. The molecule has 0 aliphatic rings. The fourth-order valence-electron chi connectivity index (χ4n) is 1.25. The zero-order valence-corrected chi connectivity index (χ0v) is 9.52. The second kappa shape index (κ2) is 6.42. The van der Waals surface area contributed by atoms with Crippen LogP contribution in [0.1, 0.15) is 6.92 Å². The van der Waals surface area contributed by atoms with Gasteiger partial charge in [0.25, 0.3) is 0 Å². The molecule has 5 nitrogen and oxygen atoms in total. The summed E-state index contributed by atoms with van der Waals surface area (Å²) in [5.74, 6) is 0. The maximum absolute atomic E-state index is 5.57. The zero-order chi connectivity index (χ0) is 11.1. The monoisotopic (exact) mass is 212 g/mol. The Balaban J connectivity index is 2.13. The number of nitrogens with zero attached hydrogens (tertiary/aromatic N) is 3. The summed E-state index contributed by atoms with van der Waals surface area (Å²) in [5, 5.41) is 4.12. The van der Waals surface area contributed by atoms with Gasteiger partial charge in [0.05, 0.1) is 25.0 Å². The van der Waals surface area contributed by atoms with E-state index in [2.05, 4.69) is 17.0 Å². The van der Waals surface area contributed by atoms with Crippen LogP contribution in [0.15, 0.2) is 12.4 Å². The molecule has 0 amide bonds. The van der Waals surface area contributed by atoms with Gasteiger partial charge in [-0.25, -0.2) is 0 Å². The minimum absolute atomic E-state index is 0.715. The third-order valence-electron chi connectivity index (χ3n) is 2.19. The molecule has 0 saturated heterocycles. The summed E-state index contributed by atoms with van der Waals surface area (Å²) in [6.45, 7) is 6.34. The fourth-order valence-corrected chi connectivity index (χ4v) is 1.25. The summed E-state index contributed by atoms with van der Waals surface area (Å²) in [6.07, 6.45) is 3.51. The molecule has 0 aromatic carbocycles. The number of likely N-dealkylation sites (N-methyl/N-ethyl adjacent to an activating group) is 1. The van der Waals surface area contributed by atoms with E-state index in [1.165, 1.54) is 0 Å². The van der Waals surface area contributed by atoms with Crippen LogP contribution in [0.5, 0.6) is 0 Å². The van der Waals surface area contributed by atoms with Gasteiger partial charge in [0.2, 0.25) is 0 Å². The fraction of sp³-hybridized carbons (Fsp3) is 0.700. The van der Waals surface area contributed by atoms with Gasteiger partial charge in [-0.05, 0) is 14.0 Å². The van der Waals surface area contributed by atoms with Gasteiger partial charge in [-0.2, -0.15) is 5.10 Å². The number of hydrogen-bond acceptors (Lipinski definition) is 4. The standard InChI is InChI=1S/C10H20N4O/c1-3-15-7-6-13(2)4-5-14-9-10(11)8-12-14/h8-9H,3-7,11H2,1-2H3. The highest BCUT2D eigenvalue weighted by atomic mass is 16.5. The van der Waals surface area contributed by atoms with E-state index in [0.717, 1.165) is 32.8 Å². The molecule has 2 N–H and O–H groups in total. The Bertz CT molecular complexity index is 274. The van der Waals surface area contributed by atoms with Crippen LogP contribution in [0.25, 0.3) is 0 Å². The van der Waals surface area contributed by atoms with E-state index in [1.54, 1.807) is 6.20 Å². The smallest absolute Gasteiger partial charge is 0.0719 e. The highest BCUT2D eigenvalue weighted by Crippen LogP contribution is 1.97. The van der Waals surface area contributed by atoms with Crippen molar-refractivity contribution in [1.29, 1.82) is 0 Å². The Kier molecular flexibility index (Phi) is 5.14. The minimum atomic E-state index is 0.715. The van der Waals surface area contributed by atoms with E-state index in [4.69, 9.17) is 10.5 Å². The molecule has 0 bridgehead atoms. The van der Waals surface area contributed by atoms with Crippen molar-refractivity contribution in [1.82, 2.24) is 14.7 Å². The number of nitrogen functional groups attached to an aromatic ring is 1. The molecule has 1 rings (SSSR count). The lowest BCUT2D eigenvalue weighted by Crippen LogP contribution is -2.27. The second-order valence-electron chi connectivity index (χ2n) is 3.54. The molecule has 1 aromatic rings. The largest absolute Gasteiger partial charge is 0.396 e. The molecule has 86 valence electrons. The summed E-state index contributed by atoms with van der Waals surface area (Å²) in [7, 11) is 2.08. The molecule has 1 heterocycles. The molecular weight excluding hydrogens is 192 g/mol. The first kappa shape index (κ1) is 12.0. The maximum Gasteiger partial charge on any atom is 0.0719 e. The summed E-state index contributed by atoms with van der Waals surface area (Å²) in [4.78, 5) is 2.22. The lowest BCUT2D eigenvalue weighted by atomic mass is 10.5. The summed E-state index contributed by atoms with van der Waals surface area (Å²) in [5.41, 5.74) is 6.28.